The van der Waals surface area contributed by atoms with Crippen LogP contribution in [0.3, 0.4) is 0 Å². The molecular formula is C19H26N6O. The Bertz CT molecular complexity index is 823. The summed E-state index contributed by atoms with van der Waals surface area (Å²) in [6.07, 6.45) is 9.65. The van der Waals surface area contributed by atoms with Crippen molar-refractivity contribution < 1.29 is 0 Å². The first-order valence-corrected chi connectivity index (χ1v) is 9.43. The second kappa shape index (κ2) is 7.05. The Labute approximate surface area is 153 Å². The third-order valence-electron chi connectivity index (χ3n) is 5.51. The number of piperidine rings is 1. The highest BCUT2D eigenvalue weighted by Crippen LogP contribution is 2.30. The van der Waals surface area contributed by atoms with E-state index in [4.69, 9.17) is 0 Å². The molecule has 2 aromatic rings. The zero-order chi connectivity index (χ0) is 18.1. The van der Waals surface area contributed by atoms with E-state index in [-0.39, 0.29) is 5.56 Å². The number of rotatable bonds is 5. The minimum Gasteiger partial charge on any atom is -0.356 e. The van der Waals surface area contributed by atoms with E-state index in [1.165, 1.54) is 12.8 Å². The molecule has 0 atom stereocenters. The Hall–Kier alpha value is -2.44. The maximum Gasteiger partial charge on any atom is 0.293 e. The topological polar surface area (TPSA) is 67.2 Å². The van der Waals surface area contributed by atoms with Gasteiger partial charge in [0.15, 0.2) is 5.82 Å². The van der Waals surface area contributed by atoms with E-state index in [9.17, 15) is 4.79 Å². The van der Waals surface area contributed by atoms with Crippen LogP contribution in [0, 0.1) is 12.8 Å². The average molecular weight is 354 g/mol. The molecule has 2 aromatic heterocycles. The molecule has 0 amide bonds. The first-order chi connectivity index (χ1) is 12.6. The van der Waals surface area contributed by atoms with Gasteiger partial charge in [0.1, 0.15) is 12.1 Å². The van der Waals surface area contributed by atoms with Crippen LogP contribution in [0.25, 0.3) is 0 Å². The summed E-state index contributed by atoms with van der Waals surface area (Å²) in [4.78, 5) is 30.1. The normalized spacial score (nSPS) is 18.2. The highest BCUT2D eigenvalue weighted by atomic mass is 16.1. The molecule has 0 aromatic carbocycles. The summed E-state index contributed by atoms with van der Waals surface area (Å²) in [6.45, 7) is 4.50. The van der Waals surface area contributed by atoms with Crippen molar-refractivity contribution >= 4 is 11.6 Å². The molecule has 138 valence electrons. The van der Waals surface area contributed by atoms with Crippen molar-refractivity contribution in [1.29, 1.82) is 0 Å². The maximum atomic E-state index is 12.7. The van der Waals surface area contributed by atoms with Gasteiger partial charge in [0.25, 0.3) is 5.56 Å². The molecule has 0 spiro atoms. The molecule has 0 N–H and O–H groups in total. The predicted molar refractivity (Wildman–Crippen MR) is 102 cm³/mol. The van der Waals surface area contributed by atoms with Crippen LogP contribution in [0.15, 0.2) is 29.6 Å². The average Bonchev–Trinajstić information content (AvgIpc) is 3.47. The molecule has 0 bridgehead atoms. The first kappa shape index (κ1) is 17.0. The summed E-state index contributed by atoms with van der Waals surface area (Å²) >= 11 is 0. The number of anilines is 2. The van der Waals surface area contributed by atoms with Crippen LogP contribution >= 0.6 is 0 Å². The van der Waals surface area contributed by atoms with Gasteiger partial charge in [0, 0.05) is 56.9 Å². The maximum absolute atomic E-state index is 12.7. The van der Waals surface area contributed by atoms with E-state index in [0.29, 0.717) is 17.8 Å². The van der Waals surface area contributed by atoms with Crippen molar-refractivity contribution in [3.8, 4) is 0 Å². The molecule has 1 saturated heterocycles. The Morgan fingerprint density at radius 2 is 1.92 bits per heavy atom. The third-order valence-corrected chi connectivity index (χ3v) is 5.51. The molecule has 0 radical (unpaired) electrons. The smallest absolute Gasteiger partial charge is 0.293 e. The lowest BCUT2D eigenvalue weighted by Gasteiger charge is -2.37. The molecule has 4 rings (SSSR count). The lowest BCUT2D eigenvalue weighted by molar-refractivity contribution is 0.474. The van der Waals surface area contributed by atoms with Gasteiger partial charge >= 0.3 is 0 Å². The zero-order valence-corrected chi connectivity index (χ0v) is 15.5. The molecule has 7 nitrogen and oxygen atoms in total. The molecule has 26 heavy (non-hydrogen) atoms. The van der Waals surface area contributed by atoms with E-state index in [1.807, 2.05) is 23.8 Å². The fourth-order valence-electron chi connectivity index (χ4n) is 3.66. The van der Waals surface area contributed by atoms with Crippen molar-refractivity contribution in [2.75, 3.05) is 29.9 Å². The highest BCUT2D eigenvalue weighted by Gasteiger charge is 2.27. The fraction of sp³-hybridized carbons (Fsp3) is 0.579. The SMILES string of the molecule is Cc1cc(N(C)C2CCN(c3nccn(CC4CC4)c3=O)CC2)ncn1. The second-order valence-electron chi connectivity index (χ2n) is 7.50. The van der Waals surface area contributed by atoms with Crippen LogP contribution in [0.5, 0.6) is 0 Å². The van der Waals surface area contributed by atoms with Crippen molar-refractivity contribution in [2.24, 2.45) is 5.92 Å². The van der Waals surface area contributed by atoms with E-state index >= 15 is 0 Å². The van der Waals surface area contributed by atoms with E-state index < -0.39 is 0 Å². The first-order valence-electron chi connectivity index (χ1n) is 9.43. The van der Waals surface area contributed by atoms with Crippen LogP contribution in [-0.2, 0) is 6.54 Å². The van der Waals surface area contributed by atoms with Gasteiger partial charge in [-0.25, -0.2) is 15.0 Å². The lowest BCUT2D eigenvalue weighted by Crippen LogP contribution is -2.46. The fourth-order valence-corrected chi connectivity index (χ4v) is 3.66. The molecule has 0 unspecified atom stereocenters. The molecule has 3 heterocycles. The van der Waals surface area contributed by atoms with Gasteiger partial charge in [-0.05, 0) is 38.5 Å². The number of aromatic nitrogens is 4. The van der Waals surface area contributed by atoms with Gasteiger partial charge < -0.3 is 14.4 Å². The zero-order valence-electron chi connectivity index (χ0n) is 15.5. The number of aryl methyl sites for hydroxylation is 1. The van der Waals surface area contributed by atoms with Crippen molar-refractivity contribution in [3.63, 3.8) is 0 Å². The Kier molecular flexibility index (Phi) is 4.61. The van der Waals surface area contributed by atoms with Gasteiger partial charge in [-0.3, -0.25) is 4.79 Å². The van der Waals surface area contributed by atoms with Crippen molar-refractivity contribution in [3.05, 3.63) is 40.8 Å². The predicted octanol–water partition coefficient (Wildman–Crippen LogP) is 1.86. The molecule has 1 saturated carbocycles. The third kappa shape index (κ3) is 3.57. The standard InChI is InChI=1S/C19H26N6O/c1-14-11-17(22-13-21-14)23(2)16-5-8-24(9-6-16)18-19(26)25(10-7-20-18)12-15-3-4-15/h7,10-11,13,15-16H,3-6,8-9,12H2,1-2H3. The van der Waals surface area contributed by atoms with Crippen LogP contribution in [0.4, 0.5) is 11.6 Å². The molecule has 1 aliphatic heterocycles. The summed E-state index contributed by atoms with van der Waals surface area (Å²) in [5.74, 6) is 2.24. The van der Waals surface area contributed by atoms with Crippen molar-refractivity contribution in [1.82, 2.24) is 19.5 Å². The van der Waals surface area contributed by atoms with Crippen LogP contribution in [0.2, 0.25) is 0 Å². The summed E-state index contributed by atoms with van der Waals surface area (Å²) < 4.78 is 1.84. The van der Waals surface area contributed by atoms with Gasteiger partial charge in [-0.2, -0.15) is 0 Å². The van der Waals surface area contributed by atoms with Crippen LogP contribution in [-0.4, -0.2) is 45.7 Å². The molecule has 7 heteroatoms. The summed E-state index contributed by atoms with van der Waals surface area (Å²) in [5.41, 5.74) is 1.03. The molecule has 2 aliphatic rings. The highest BCUT2D eigenvalue weighted by molar-refractivity contribution is 5.41. The minimum absolute atomic E-state index is 0.0534. The van der Waals surface area contributed by atoms with E-state index in [1.54, 1.807) is 12.5 Å². The van der Waals surface area contributed by atoms with Gasteiger partial charge in [-0.1, -0.05) is 0 Å². The summed E-state index contributed by atoms with van der Waals surface area (Å²) in [7, 11) is 2.09. The Morgan fingerprint density at radius 3 is 2.62 bits per heavy atom. The molecule has 1 aliphatic carbocycles. The Balaban J connectivity index is 1.43. The molecular weight excluding hydrogens is 328 g/mol. The summed E-state index contributed by atoms with van der Waals surface area (Å²) in [6, 6.07) is 2.43. The van der Waals surface area contributed by atoms with E-state index in [2.05, 4.69) is 31.8 Å². The summed E-state index contributed by atoms with van der Waals surface area (Å²) in [5, 5.41) is 0. The molecule has 2 fully saturated rings. The lowest BCUT2D eigenvalue weighted by atomic mass is 10.0. The largest absolute Gasteiger partial charge is 0.356 e. The number of hydrogen-bond acceptors (Lipinski definition) is 6. The second-order valence-corrected chi connectivity index (χ2v) is 7.50. The number of hydrogen-bond donors (Lipinski definition) is 0. The Morgan fingerprint density at radius 1 is 1.15 bits per heavy atom. The number of nitrogens with zero attached hydrogens (tertiary/aromatic N) is 6. The van der Waals surface area contributed by atoms with Gasteiger partial charge in [0.05, 0.1) is 0 Å². The minimum atomic E-state index is 0.0534. The van der Waals surface area contributed by atoms with Gasteiger partial charge in [-0.15, -0.1) is 0 Å². The van der Waals surface area contributed by atoms with Crippen LogP contribution < -0.4 is 15.4 Å². The monoisotopic (exact) mass is 354 g/mol. The quantitative estimate of drug-likeness (QED) is 0.816. The van der Waals surface area contributed by atoms with Crippen molar-refractivity contribution in [2.45, 2.75) is 45.2 Å². The van der Waals surface area contributed by atoms with E-state index in [0.717, 1.165) is 44.0 Å². The van der Waals surface area contributed by atoms with Crippen LogP contribution in [0.1, 0.15) is 31.4 Å². The van der Waals surface area contributed by atoms with Gasteiger partial charge in [0.2, 0.25) is 0 Å².